The Kier molecular flexibility index (Phi) is 4.04. The average Bonchev–Trinajstić information content (AvgIpc) is 2.48. The van der Waals surface area contributed by atoms with E-state index in [9.17, 15) is 4.39 Å². The van der Waals surface area contributed by atoms with Gasteiger partial charge in [-0.25, -0.2) is 14.4 Å². The first-order valence-corrected chi connectivity index (χ1v) is 7.91. The molecule has 0 amide bonds. The molecule has 0 atom stereocenters. The second kappa shape index (κ2) is 5.81. The molecule has 0 bridgehead atoms. The molecule has 0 unspecified atom stereocenters. The molecule has 0 fully saturated rings. The Morgan fingerprint density at radius 1 is 1.29 bits per heavy atom. The maximum atomic E-state index is 13.5. The van der Waals surface area contributed by atoms with Crippen LogP contribution in [0.4, 0.5) is 4.39 Å². The second-order valence-electron chi connectivity index (χ2n) is 5.56. The Bertz CT molecular complexity index is 685. The highest BCUT2D eigenvalue weighted by molar-refractivity contribution is 9.10. The minimum absolute atomic E-state index is 0.276. The van der Waals surface area contributed by atoms with Gasteiger partial charge in [-0.05, 0) is 24.1 Å². The number of hydrogen-bond acceptors (Lipinski definition) is 3. The summed E-state index contributed by atoms with van der Waals surface area (Å²) in [5.41, 5.74) is 4.04. The molecule has 5 heteroatoms. The summed E-state index contributed by atoms with van der Waals surface area (Å²) in [4.78, 5) is 9.39. The van der Waals surface area contributed by atoms with Gasteiger partial charge in [0.1, 0.15) is 5.82 Å². The molecule has 3 rings (SSSR count). The van der Waals surface area contributed by atoms with Crippen molar-refractivity contribution in [2.24, 2.45) is 0 Å². The van der Waals surface area contributed by atoms with Crippen LogP contribution in [-0.2, 0) is 13.0 Å². The summed E-state index contributed by atoms with van der Waals surface area (Å²) in [5.74, 6) is 0.640. The van der Waals surface area contributed by atoms with Crippen molar-refractivity contribution in [3.05, 3.63) is 45.4 Å². The molecule has 0 spiro atoms. The Balaban J connectivity index is 2.19. The maximum Gasteiger partial charge on any atom is 0.160 e. The number of nitrogens with zero attached hydrogens (tertiary/aromatic N) is 2. The molecule has 2 aromatic rings. The summed E-state index contributed by atoms with van der Waals surface area (Å²) >= 11 is 3.47. The highest BCUT2D eigenvalue weighted by Gasteiger charge is 2.20. The molecule has 0 aliphatic carbocycles. The van der Waals surface area contributed by atoms with E-state index >= 15 is 0 Å². The van der Waals surface area contributed by atoms with Crippen LogP contribution in [0.25, 0.3) is 11.4 Å². The number of halogens is 2. The summed E-state index contributed by atoms with van der Waals surface area (Å²) in [6.07, 6.45) is 0.886. The average molecular weight is 350 g/mol. The third kappa shape index (κ3) is 2.85. The van der Waals surface area contributed by atoms with E-state index in [1.807, 2.05) is 0 Å². The fourth-order valence-electron chi connectivity index (χ4n) is 2.64. The van der Waals surface area contributed by atoms with Crippen molar-refractivity contribution in [2.45, 2.75) is 32.7 Å². The molecular weight excluding hydrogens is 333 g/mol. The van der Waals surface area contributed by atoms with Crippen molar-refractivity contribution in [3.63, 3.8) is 0 Å². The van der Waals surface area contributed by atoms with Gasteiger partial charge in [-0.3, -0.25) is 0 Å². The van der Waals surface area contributed by atoms with E-state index < -0.39 is 0 Å². The van der Waals surface area contributed by atoms with Gasteiger partial charge < -0.3 is 5.32 Å². The lowest BCUT2D eigenvalue weighted by Crippen LogP contribution is -2.27. The molecule has 21 heavy (non-hydrogen) atoms. The lowest BCUT2D eigenvalue weighted by molar-refractivity contribution is 0.608. The van der Waals surface area contributed by atoms with Crippen molar-refractivity contribution in [1.82, 2.24) is 15.3 Å². The molecule has 0 radical (unpaired) electrons. The minimum Gasteiger partial charge on any atom is -0.312 e. The fraction of sp³-hybridized carbons (Fsp3) is 0.375. The highest BCUT2D eigenvalue weighted by atomic mass is 79.9. The largest absolute Gasteiger partial charge is 0.312 e. The summed E-state index contributed by atoms with van der Waals surface area (Å²) < 4.78 is 14.4. The zero-order valence-electron chi connectivity index (χ0n) is 12.1. The Morgan fingerprint density at radius 3 is 2.86 bits per heavy atom. The molecule has 3 nitrogen and oxygen atoms in total. The lowest BCUT2D eigenvalue weighted by Gasteiger charge is -2.22. The van der Waals surface area contributed by atoms with Crippen LogP contribution in [0, 0.1) is 5.82 Å². The van der Waals surface area contributed by atoms with Gasteiger partial charge in [0.2, 0.25) is 0 Å². The van der Waals surface area contributed by atoms with Crippen LogP contribution in [0.1, 0.15) is 36.7 Å². The van der Waals surface area contributed by atoms with E-state index in [-0.39, 0.29) is 5.82 Å². The first kappa shape index (κ1) is 14.6. The zero-order chi connectivity index (χ0) is 15.0. The molecule has 0 saturated heterocycles. The van der Waals surface area contributed by atoms with Gasteiger partial charge in [0.25, 0.3) is 0 Å². The smallest absolute Gasteiger partial charge is 0.160 e. The van der Waals surface area contributed by atoms with Gasteiger partial charge in [0, 0.05) is 35.1 Å². The molecule has 1 aromatic heterocycles. The highest BCUT2D eigenvalue weighted by Crippen LogP contribution is 2.30. The zero-order valence-corrected chi connectivity index (χ0v) is 13.7. The fourth-order valence-corrected chi connectivity index (χ4v) is 3.06. The van der Waals surface area contributed by atoms with Crippen LogP contribution in [0.2, 0.25) is 0 Å². The van der Waals surface area contributed by atoms with E-state index in [0.29, 0.717) is 17.3 Å². The van der Waals surface area contributed by atoms with Crippen molar-refractivity contribution >= 4 is 15.9 Å². The number of rotatable bonds is 2. The number of nitrogens with one attached hydrogen (secondary N) is 1. The Labute approximate surface area is 132 Å². The number of aromatic nitrogens is 2. The summed E-state index contributed by atoms with van der Waals surface area (Å²) in [6.45, 7) is 5.99. The van der Waals surface area contributed by atoms with Crippen molar-refractivity contribution in [1.29, 1.82) is 0 Å². The first-order chi connectivity index (χ1) is 10.1. The molecule has 0 saturated carbocycles. The molecule has 2 heterocycles. The molecule has 1 aliphatic rings. The van der Waals surface area contributed by atoms with Crippen LogP contribution in [0.15, 0.2) is 22.7 Å². The van der Waals surface area contributed by atoms with Gasteiger partial charge in [-0.2, -0.15) is 0 Å². The van der Waals surface area contributed by atoms with Gasteiger partial charge in [0.15, 0.2) is 5.82 Å². The van der Waals surface area contributed by atoms with Crippen LogP contribution in [-0.4, -0.2) is 16.5 Å². The van der Waals surface area contributed by atoms with E-state index in [4.69, 9.17) is 4.98 Å². The van der Waals surface area contributed by atoms with Crippen LogP contribution >= 0.6 is 15.9 Å². The number of hydrogen-bond donors (Lipinski definition) is 1. The Morgan fingerprint density at radius 2 is 2.10 bits per heavy atom. The predicted octanol–water partition coefficient (Wildman–Crippen LogP) is 3.81. The number of fused-ring (bicyclic) bond motifs is 1. The Hall–Kier alpha value is -1.33. The predicted molar refractivity (Wildman–Crippen MR) is 84.6 cm³/mol. The van der Waals surface area contributed by atoms with Gasteiger partial charge in [0.05, 0.1) is 11.4 Å². The summed E-state index contributed by atoms with van der Waals surface area (Å²) in [6, 6.07) is 4.61. The first-order valence-electron chi connectivity index (χ1n) is 7.12. The van der Waals surface area contributed by atoms with Crippen molar-refractivity contribution in [3.8, 4) is 11.4 Å². The molecule has 1 N–H and O–H groups in total. The normalized spacial score (nSPS) is 14.3. The van der Waals surface area contributed by atoms with Crippen LogP contribution in [0.5, 0.6) is 0 Å². The van der Waals surface area contributed by atoms with Crippen molar-refractivity contribution in [2.75, 3.05) is 6.54 Å². The second-order valence-corrected chi connectivity index (χ2v) is 6.42. The lowest BCUT2D eigenvalue weighted by atomic mass is 9.98. The third-order valence-corrected chi connectivity index (χ3v) is 4.37. The van der Waals surface area contributed by atoms with E-state index in [0.717, 1.165) is 35.4 Å². The molecule has 1 aliphatic heterocycles. The van der Waals surface area contributed by atoms with Crippen LogP contribution < -0.4 is 5.32 Å². The maximum absolute atomic E-state index is 13.5. The van der Waals surface area contributed by atoms with E-state index in [2.05, 4.69) is 40.1 Å². The molecule has 110 valence electrons. The third-order valence-electron chi connectivity index (χ3n) is 3.68. The SMILES string of the molecule is CC(C)c1nc(-c2cc(F)ccc2Br)nc2c1CNCC2. The van der Waals surface area contributed by atoms with E-state index in [1.54, 1.807) is 6.07 Å². The molecular formula is C16H17BrFN3. The minimum atomic E-state index is -0.276. The van der Waals surface area contributed by atoms with Gasteiger partial charge in [-0.1, -0.05) is 29.8 Å². The quantitative estimate of drug-likeness (QED) is 0.895. The summed E-state index contributed by atoms with van der Waals surface area (Å²) in [7, 11) is 0. The van der Waals surface area contributed by atoms with Gasteiger partial charge >= 0.3 is 0 Å². The monoisotopic (exact) mass is 349 g/mol. The molecule has 1 aromatic carbocycles. The number of benzene rings is 1. The van der Waals surface area contributed by atoms with Gasteiger partial charge in [-0.15, -0.1) is 0 Å². The topological polar surface area (TPSA) is 37.8 Å². The van der Waals surface area contributed by atoms with Crippen molar-refractivity contribution < 1.29 is 4.39 Å². The van der Waals surface area contributed by atoms with E-state index in [1.165, 1.54) is 17.7 Å². The standard InChI is InChI=1S/C16H17BrFN3/c1-9(2)15-12-8-19-6-5-14(12)20-16(21-15)11-7-10(18)3-4-13(11)17/h3-4,7,9,19H,5-6,8H2,1-2H3. The summed E-state index contributed by atoms with van der Waals surface area (Å²) in [5, 5.41) is 3.37. The van der Waals surface area contributed by atoms with Crippen LogP contribution in [0.3, 0.4) is 0 Å².